The normalized spacial score (nSPS) is 7.38. The van der Waals surface area contributed by atoms with E-state index in [1.807, 2.05) is 24.3 Å². The zero-order chi connectivity index (χ0) is 11.5. The minimum atomic E-state index is 0. The molecular weight excluding hydrogens is 217 g/mol. The third-order valence-electron chi connectivity index (χ3n) is 1.57. The molecule has 0 aliphatic carbocycles. The maximum atomic E-state index is 8.11. The van der Waals surface area contributed by atoms with Crippen molar-refractivity contribution in [3.8, 4) is 0 Å². The van der Waals surface area contributed by atoms with Gasteiger partial charge in [-0.25, -0.2) is 0 Å². The van der Waals surface area contributed by atoms with Crippen LogP contribution in [0.25, 0.3) is 10.8 Å². The van der Waals surface area contributed by atoms with Crippen LogP contribution in [0.4, 0.5) is 0 Å². The van der Waals surface area contributed by atoms with Gasteiger partial charge in [0.05, 0.1) is 0 Å². The summed E-state index contributed by atoms with van der Waals surface area (Å²) >= 11 is 0. The second-order valence-electron chi connectivity index (χ2n) is 2.34. The molecule has 0 heterocycles. The molecule has 5 nitrogen and oxygen atoms in total. The van der Waals surface area contributed by atoms with E-state index in [2.05, 4.69) is 36.0 Å². The first kappa shape index (κ1) is 17.4. The molecule has 0 atom stereocenters. The van der Waals surface area contributed by atoms with E-state index in [0.717, 1.165) is 0 Å². The van der Waals surface area contributed by atoms with E-state index in [9.17, 15) is 0 Å². The van der Waals surface area contributed by atoms with Gasteiger partial charge < -0.3 is 5.21 Å². The van der Waals surface area contributed by atoms with Gasteiger partial charge in [0.1, 0.15) is 0 Å². The predicted octanol–water partition coefficient (Wildman–Crippen LogP) is -1.40. The van der Waals surface area contributed by atoms with Gasteiger partial charge in [-0.15, -0.1) is 52.1 Å². The summed E-state index contributed by atoms with van der Waals surface area (Å²) in [6.07, 6.45) is 0. The van der Waals surface area contributed by atoms with Crippen LogP contribution in [-0.4, -0.2) is 5.21 Å². The number of nitrogens with two attached hydrogens (primary N) is 2. The largest absolute Gasteiger partial charge is 1.00 e. The van der Waals surface area contributed by atoms with Gasteiger partial charge >= 0.3 is 29.6 Å². The van der Waals surface area contributed by atoms with Crippen molar-refractivity contribution in [3.05, 3.63) is 53.4 Å². The Kier molecular flexibility index (Phi) is 13.2. The van der Waals surface area contributed by atoms with Gasteiger partial charge in [0, 0.05) is 0 Å². The molecule has 6 heteroatoms. The molecule has 0 spiro atoms. The Hall–Kier alpha value is -0.980. The molecule has 0 radical (unpaired) electrons. The summed E-state index contributed by atoms with van der Waals surface area (Å²) in [5.41, 5.74) is 0. The van der Waals surface area contributed by atoms with Gasteiger partial charge in [-0.3, -0.25) is 11.7 Å². The fourth-order valence-corrected chi connectivity index (χ4v) is 1.06. The van der Waals surface area contributed by atoms with Gasteiger partial charge in [-0.05, 0) is 0 Å². The summed E-state index contributed by atoms with van der Waals surface area (Å²) < 4.78 is 0. The summed E-state index contributed by atoms with van der Waals surface area (Å²) in [6, 6.07) is 17.4. The minimum Gasteiger partial charge on any atom is -0.379 e. The van der Waals surface area contributed by atoms with Crippen molar-refractivity contribution in [1.82, 2.24) is 0 Å². The fourth-order valence-electron chi connectivity index (χ4n) is 1.06. The van der Waals surface area contributed by atoms with Crippen LogP contribution in [0.15, 0.2) is 47.8 Å². The van der Waals surface area contributed by atoms with Crippen molar-refractivity contribution in [2.75, 3.05) is 0 Å². The van der Waals surface area contributed by atoms with Crippen molar-refractivity contribution in [2.24, 2.45) is 17.0 Å². The van der Waals surface area contributed by atoms with Crippen molar-refractivity contribution in [1.29, 1.82) is 0 Å². The second-order valence-corrected chi connectivity index (χ2v) is 2.34. The zero-order valence-electron chi connectivity index (χ0n) is 9.00. The van der Waals surface area contributed by atoms with Crippen LogP contribution in [0, 0.1) is 11.0 Å². The number of hydrogen-bond donors (Lipinski definition) is 3. The molecule has 0 aromatic heterocycles. The Morgan fingerprint density at radius 1 is 1.12 bits per heavy atom. The standard InChI is InChI=1S/C10H7.H4N2.HNO2.Na/c1-2-6-10-8-4-3-7-9(10)5-1;1-2;2-1-3;/h1-7H;1-2H2;(H,2,3);/q-1;;;+1. The number of benzene rings is 2. The van der Waals surface area contributed by atoms with Gasteiger partial charge in [-0.2, -0.15) is 0 Å². The van der Waals surface area contributed by atoms with E-state index < -0.39 is 0 Å². The maximum absolute atomic E-state index is 8.11. The average Bonchev–Trinajstić information content (AvgIpc) is 2.33. The zero-order valence-corrected chi connectivity index (χ0v) is 11.0. The first-order valence-electron chi connectivity index (χ1n) is 4.04. The van der Waals surface area contributed by atoms with E-state index >= 15 is 0 Å². The van der Waals surface area contributed by atoms with Gasteiger partial charge in [0.2, 0.25) is 0 Å². The molecule has 0 fully saturated rings. The summed E-state index contributed by atoms with van der Waals surface area (Å²) in [6.45, 7) is 0. The number of rotatable bonds is 0. The van der Waals surface area contributed by atoms with E-state index in [4.69, 9.17) is 10.1 Å². The second kappa shape index (κ2) is 12.1. The van der Waals surface area contributed by atoms with Crippen LogP contribution in [0.3, 0.4) is 0 Å². The Morgan fingerprint density at radius 2 is 1.62 bits per heavy atom. The topological polar surface area (TPSA) is 102 Å². The Bertz CT molecular complexity index is 333. The van der Waals surface area contributed by atoms with E-state index in [1.54, 1.807) is 0 Å². The SMILES string of the molecule is NN.O=NO.[Na+].[c-]1cccc2ccccc12. The van der Waals surface area contributed by atoms with Crippen LogP contribution < -0.4 is 41.2 Å². The summed E-state index contributed by atoms with van der Waals surface area (Å²) in [5.74, 6) is 8.00. The Labute approximate surface area is 116 Å². The molecule has 2 aromatic carbocycles. The van der Waals surface area contributed by atoms with Crippen molar-refractivity contribution < 1.29 is 34.8 Å². The van der Waals surface area contributed by atoms with Crippen LogP contribution in [-0.2, 0) is 0 Å². The number of nitrogens with zero attached hydrogens (tertiary/aromatic N) is 1. The summed E-state index contributed by atoms with van der Waals surface area (Å²) in [4.78, 5) is 8.11. The molecule has 0 unspecified atom stereocenters. The van der Waals surface area contributed by atoms with Crippen molar-refractivity contribution in [2.45, 2.75) is 0 Å². The molecule has 80 valence electrons. The smallest absolute Gasteiger partial charge is 0.379 e. The third kappa shape index (κ3) is 6.49. The first-order valence-corrected chi connectivity index (χ1v) is 4.04. The van der Waals surface area contributed by atoms with Gasteiger partial charge in [0.15, 0.2) is 5.34 Å². The van der Waals surface area contributed by atoms with E-state index in [0.29, 0.717) is 0 Å². The first-order chi connectivity index (χ1) is 7.38. The number of fused-ring (bicyclic) bond motifs is 1. The van der Waals surface area contributed by atoms with Gasteiger partial charge in [0.25, 0.3) is 0 Å². The summed E-state index contributed by atoms with van der Waals surface area (Å²) in [7, 11) is 0. The van der Waals surface area contributed by atoms with E-state index in [-0.39, 0.29) is 29.6 Å². The average molecular weight is 229 g/mol. The van der Waals surface area contributed by atoms with Gasteiger partial charge in [-0.1, -0.05) is 12.1 Å². The minimum absolute atomic E-state index is 0. The third-order valence-corrected chi connectivity index (χ3v) is 1.57. The molecule has 0 aliphatic heterocycles. The molecule has 0 bridgehead atoms. The van der Waals surface area contributed by atoms with Crippen LogP contribution in [0.1, 0.15) is 0 Å². The van der Waals surface area contributed by atoms with Crippen LogP contribution >= 0.6 is 0 Å². The molecule has 2 aromatic rings. The van der Waals surface area contributed by atoms with Crippen molar-refractivity contribution in [3.63, 3.8) is 0 Å². The molecule has 0 saturated carbocycles. The van der Waals surface area contributed by atoms with Crippen LogP contribution in [0.2, 0.25) is 0 Å². The molecule has 16 heavy (non-hydrogen) atoms. The van der Waals surface area contributed by atoms with E-state index in [1.165, 1.54) is 16.1 Å². The fraction of sp³-hybridized carbons (Fsp3) is 0. The molecular formula is C10H12N3NaO2. The monoisotopic (exact) mass is 229 g/mol. The maximum Gasteiger partial charge on any atom is 1.00 e. The Morgan fingerprint density at radius 3 is 2.19 bits per heavy atom. The molecule has 5 N–H and O–H groups in total. The van der Waals surface area contributed by atoms with Crippen LogP contribution in [0.5, 0.6) is 0 Å². The predicted molar refractivity (Wildman–Crippen MR) is 58.7 cm³/mol. The number of hydrogen-bond acceptors (Lipinski definition) is 4. The molecule has 0 saturated heterocycles. The molecule has 2 rings (SSSR count). The quantitative estimate of drug-likeness (QED) is 0.170. The summed E-state index contributed by atoms with van der Waals surface area (Å²) in [5, 5.41) is 10.3. The molecule has 0 amide bonds. The Balaban J connectivity index is 0. The van der Waals surface area contributed by atoms with Crippen molar-refractivity contribution >= 4 is 10.8 Å². The molecule has 0 aliphatic rings. The number of hydrazine groups is 1.